The van der Waals surface area contributed by atoms with E-state index in [0.717, 1.165) is 40.2 Å². The normalized spacial score (nSPS) is 13.8. The van der Waals surface area contributed by atoms with Gasteiger partial charge in [-0.3, -0.25) is 5.32 Å². The van der Waals surface area contributed by atoms with Gasteiger partial charge in [0.25, 0.3) is 0 Å². The summed E-state index contributed by atoms with van der Waals surface area (Å²) < 4.78 is 5.44. The van der Waals surface area contributed by atoms with Crippen LogP contribution in [-0.4, -0.2) is 35.8 Å². The first-order valence-corrected chi connectivity index (χ1v) is 13.3. The number of fused-ring (bicyclic) bond motifs is 3. The van der Waals surface area contributed by atoms with E-state index in [2.05, 4.69) is 53.3 Å². The number of aromatic nitrogens is 2. The Bertz CT molecular complexity index is 1480. The molecule has 5 rings (SSSR count). The van der Waals surface area contributed by atoms with Crippen LogP contribution in [0, 0.1) is 6.92 Å². The molecule has 1 unspecified atom stereocenters. The van der Waals surface area contributed by atoms with Gasteiger partial charge < -0.3 is 9.64 Å². The number of rotatable bonds is 7. The molecule has 0 saturated heterocycles. The minimum absolute atomic E-state index is 0.0933. The number of amides is 1. The van der Waals surface area contributed by atoms with Gasteiger partial charge in [0.1, 0.15) is 6.61 Å². The summed E-state index contributed by atoms with van der Waals surface area (Å²) in [5.74, 6) is 0.304. The molecule has 1 atom stereocenters. The van der Waals surface area contributed by atoms with Crippen LogP contribution in [0.15, 0.2) is 72.9 Å². The Balaban J connectivity index is 1.28. The molecule has 1 N–H and O–H groups in total. The highest BCUT2D eigenvalue weighted by Crippen LogP contribution is 2.42. The molecular formula is C30H28Cl2N4O2. The fraction of sp³-hybridized carbons (Fsp3) is 0.233. The van der Waals surface area contributed by atoms with Crippen molar-refractivity contribution in [3.63, 3.8) is 0 Å². The molecule has 6 nitrogen and oxygen atoms in total. The molecule has 0 radical (unpaired) electrons. The molecule has 38 heavy (non-hydrogen) atoms. The molecule has 1 amide bonds. The summed E-state index contributed by atoms with van der Waals surface area (Å²) in [6.07, 6.45) is 1.90. The van der Waals surface area contributed by atoms with Crippen molar-refractivity contribution in [2.45, 2.75) is 26.2 Å². The monoisotopic (exact) mass is 546 g/mol. The third-order valence-electron chi connectivity index (χ3n) is 6.78. The van der Waals surface area contributed by atoms with Crippen LogP contribution in [0.25, 0.3) is 11.3 Å². The predicted molar refractivity (Wildman–Crippen MR) is 154 cm³/mol. The average Bonchev–Trinajstić information content (AvgIpc) is 2.92. The molecule has 194 valence electrons. The van der Waals surface area contributed by atoms with Gasteiger partial charge in [0, 0.05) is 29.9 Å². The second-order valence-electron chi connectivity index (χ2n) is 9.26. The van der Waals surface area contributed by atoms with Gasteiger partial charge >= 0.3 is 6.09 Å². The van der Waals surface area contributed by atoms with Crippen molar-refractivity contribution in [3.05, 3.63) is 105 Å². The van der Waals surface area contributed by atoms with Crippen molar-refractivity contribution in [2.24, 2.45) is 0 Å². The van der Waals surface area contributed by atoms with Gasteiger partial charge in [-0.25, -0.2) is 14.8 Å². The molecule has 0 saturated carbocycles. The first-order valence-electron chi connectivity index (χ1n) is 12.6. The van der Waals surface area contributed by atoms with Gasteiger partial charge in [-0.2, -0.15) is 0 Å². The first kappa shape index (κ1) is 26.0. The van der Waals surface area contributed by atoms with E-state index in [9.17, 15) is 4.79 Å². The van der Waals surface area contributed by atoms with E-state index >= 15 is 0 Å². The summed E-state index contributed by atoms with van der Waals surface area (Å²) in [6.45, 7) is 5.78. The topological polar surface area (TPSA) is 67.3 Å². The van der Waals surface area contributed by atoms with Gasteiger partial charge in [-0.15, -0.1) is 0 Å². The minimum atomic E-state index is -0.581. The number of likely N-dealkylation sites (N-methyl/N-ethyl adjacent to an activating group) is 1. The second-order valence-corrected chi connectivity index (χ2v) is 10.1. The van der Waals surface area contributed by atoms with Crippen molar-refractivity contribution >= 4 is 40.9 Å². The number of carbonyl (C=O) groups is 1. The lowest BCUT2D eigenvalue weighted by Crippen LogP contribution is -2.29. The zero-order chi connectivity index (χ0) is 26.6. The molecule has 1 aromatic heterocycles. The largest absolute Gasteiger partial charge is 0.447 e. The molecule has 4 aromatic rings. The number of carbonyl (C=O) groups excluding carboxylic acids is 1. The van der Waals surface area contributed by atoms with E-state index in [1.54, 1.807) is 6.20 Å². The number of nitrogens with one attached hydrogen (secondary N) is 1. The van der Waals surface area contributed by atoms with Crippen molar-refractivity contribution in [1.82, 2.24) is 9.97 Å². The second kappa shape index (κ2) is 11.4. The molecule has 1 heterocycles. The van der Waals surface area contributed by atoms with Gasteiger partial charge in [-0.1, -0.05) is 65.7 Å². The minimum Gasteiger partial charge on any atom is -0.447 e. The lowest BCUT2D eigenvalue weighted by molar-refractivity contribution is 0.164. The van der Waals surface area contributed by atoms with E-state index in [1.165, 1.54) is 5.56 Å². The van der Waals surface area contributed by atoms with Crippen LogP contribution in [0.3, 0.4) is 0 Å². The first-order chi connectivity index (χ1) is 18.4. The van der Waals surface area contributed by atoms with Crippen LogP contribution < -0.4 is 10.2 Å². The molecule has 0 spiro atoms. The molecule has 1 aliphatic rings. The van der Waals surface area contributed by atoms with Gasteiger partial charge in [0.2, 0.25) is 5.95 Å². The Morgan fingerprint density at radius 1 is 1.08 bits per heavy atom. The molecule has 0 bridgehead atoms. The molecule has 3 aromatic carbocycles. The summed E-state index contributed by atoms with van der Waals surface area (Å²) in [5.41, 5.74) is 7.31. The highest BCUT2D eigenvalue weighted by atomic mass is 35.5. The maximum absolute atomic E-state index is 12.5. The SMILES string of the molecule is CCN(CCOC(=O)Nc1ncc2c(n1)-c1ccccc1C(c1ccc(Cl)c(Cl)c1)C2)c1cccc(C)c1. The zero-order valence-electron chi connectivity index (χ0n) is 21.2. The van der Waals surface area contributed by atoms with E-state index in [-0.39, 0.29) is 18.5 Å². The van der Waals surface area contributed by atoms with E-state index in [0.29, 0.717) is 23.0 Å². The van der Waals surface area contributed by atoms with E-state index in [4.69, 9.17) is 32.9 Å². The van der Waals surface area contributed by atoms with Crippen LogP contribution in [-0.2, 0) is 11.2 Å². The van der Waals surface area contributed by atoms with E-state index in [1.807, 2.05) is 42.5 Å². The Morgan fingerprint density at radius 3 is 2.71 bits per heavy atom. The van der Waals surface area contributed by atoms with Crippen molar-refractivity contribution in [1.29, 1.82) is 0 Å². The summed E-state index contributed by atoms with van der Waals surface area (Å²) >= 11 is 12.5. The van der Waals surface area contributed by atoms with Gasteiger partial charge in [0.05, 0.1) is 22.3 Å². The summed E-state index contributed by atoms with van der Waals surface area (Å²) in [7, 11) is 0. The maximum Gasteiger partial charge on any atom is 0.414 e. The number of nitrogens with zero attached hydrogens (tertiary/aromatic N) is 3. The Labute approximate surface area is 232 Å². The molecule has 0 aliphatic heterocycles. The van der Waals surface area contributed by atoms with Crippen molar-refractivity contribution in [3.8, 4) is 11.3 Å². The molecular weight excluding hydrogens is 519 g/mol. The number of hydrogen-bond donors (Lipinski definition) is 1. The van der Waals surface area contributed by atoms with E-state index < -0.39 is 6.09 Å². The number of benzene rings is 3. The highest BCUT2D eigenvalue weighted by Gasteiger charge is 2.28. The summed E-state index contributed by atoms with van der Waals surface area (Å²) in [5, 5.41) is 3.75. The van der Waals surface area contributed by atoms with Crippen LogP contribution in [0.4, 0.5) is 16.4 Å². The zero-order valence-corrected chi connectivity index (χ0v) is 22.8. The maximum atomic E-state index is 12.5. The number of hydrogen-bond acceptors (Lipinski definition) is 5. The smallest absolute Gasteiger partial charge is 0.414 e. The average molecular weight is 547 g/mol. The number of anilines is 2. The summed E-state index contributed by atoms with van der Waals surface area (Å²) in [6, 6.07) is 22.2. The standard InChI is InChI=1S/C30H28Cl2N4O2/c1-3-36(22-8-6-7-19(2)15-22)13-14-38-30(37)35-29-33-18-21-16-25(20-11-12-26(31)27(32)17-20)23-9-4-5-10-24(23)28(21)34-29/h4-12,15,17-18,25H,3,13-14,16H2,1-2H3,(H,33,34,35,37). The Kier molecular flexibility index (Phi) is 7.82. The third-order valence-corrected chi connectivity index (χ3v) is 7.52. The van der Waals surface area contributed by atoms with Gasteiger partial charge in [-0.05, 0) is 66.8 Å². The fourth-order valence-corrected chi connectivity index (χ4v) is 5.20. The number of aryl methyl sites for hydroxylation is 1. The molecule has 8 heteroatoms. The lowest BCUT2D eigenvalue weighted by Gasteiger charge is -2.27. The lowest BCUT2D eigenvalue weighted by atomic mass is 9.78. The van der Waals surface area contributed by atoms with Crippen LogP contribution in [0.5, 0.6) is 0 Å². The van der Waals surface area contributed by atoms with Crippen molar-refractivity contribution < 1.29 is 9.53 Å². The van der Waals surface area contributed by atoms with Crippen LogP contribution >= 0.6 is 23.2 Å². The van der Waals surface area contributed by atoms with Gasteiger partial charge in [0.15, 0.2) is 0 Å². The quantitative estimate of drug-likeness (QED) is 0.259. The third kappa shape index (κ3) is 5.62. The fourth-order valence-electron chi connectivity index (χ4n) is 4.89. The molecule has 0 fully saturated rings. The van der Waals surface area contributed by atoms with Crippen molar-refractivity contribution in [2.75, 3.05) is 29.9 Å². The van der Waals surface area contributed by atoms with Crippen LogP contribution in [0.2, 0.25) is 10.0 Å². The number of ether oxygens (including phenoxy) is 1. The number of halogens is 2. The molecule has 1 aliphatic carbocycles. The summed E-state index contributed by atoms with van der Waals surface area (Å²) in [4.78, 5) is 23.8. The highest BCUT2D eigenvalue weighted by molar-refractivity contribution is 6.42. The Hall–Kier alpha value is -3.61. The van der Waals surface area contributed by atoms with Crippen LogP contribution in [0.1, 0.15) is 35.1 Å². The predicted octanol–water partition coefficient (Wildman–Crippen LogP) is 7.52. The Morgan fingerprint density at radius 2 is 1.92 bits per heavy atom.